The lowest BCUT2D eigenvalue weighted by Crippen LogP contribution is -2.46. The van der Waals surface area contributed by atoms with Crippen molar-refractivity contribution < 1.29 is 33.6 Å². The SMILES string of the molecule is COc1cc2ncn(-c3ccc(C(C)(O)C(C)(O)c4ccc(-n5cnc6cc(OC)c(OC)cc65)nc4-c4cccc(Cl)c4F)c(-c4cccc(Cl)c4)n3)c2cc1OC. The number of hydrogen-bond acceptors (Lipinski definition) is 10. The summed E-state index contributed by atoms with van der Waals surface area (Å²) in [7, 11) is 6.16. The number of nitrogens with zero attached hydrogens (tertiary/aromatic N) is 6. The van der Waals surface area contributed by atoms with E-state index in [1.807, 2.05) is 0 Å². The van der Waals surface area contributed by atoms with Crippen LogP contribution in [0.4, 0.5) is 4.39 Å². The molecule has 0 aliphatic heterocycles. The number of benzene rings is 4. The molecule has 15 heteroatoms. The fraction of sp³-hybridized carbons (Fsp3) is 0.182. The van der Waals surface area contributed by atoms with Crippen LogP contribution >= 0.6 is 23.2 Å². The summed E-state index contributed by atoms with van der Waals surface area (Å²) in [6, 6.07) is 25.2. The molecule has 0 aliphatic rings. The molecule has 0 saturated heterocycles. The predicted octanol–water partition coefficient (Wildman–Crippen LogP) is 9.08. The molecule has 0 radical (unpaired) electrons. The zero-order valence-corrected chi connectivity index (χ0v) is 34.2. The summed E-state index contributed by atoms with van der Waals surface area (Å²) in [6.07, 6.45) is 3.19. The van der Waals surface area contributed by atoms with Crippen molar-refractivity contribution in [2.75, 3.05) is 28.4 Å². The van der Waals surface area contributed by atoms with Gasteiger partial charge in [0.2, 0.25) is 0 Å². The van der Waals surface area contributed by atoms with Crippen molar-refractivity contribution >= 4 is 45.3 Å². The zero-order valence-electron chi connectivity index (χ0n) is 32.7. The van der Waals surface area contributed by atoms with E-state index in [1.54, 1.807) is 115 Å². The summed E-state index contributed by atoms with van der Waals surface area (Å²) in [5.41, 5.74) is -0.538. The first-order valence-corrected chi connectivity index (χ1v) is 18.9. The Bertz CT molecular complexity index is 2910. The van der Waals surface area contributed by atoms with Gasteiger partial charge in [-0.3, -0.25) is 9.13 Å². The Kier molecular flexibility index (Phi) is 10.2. The van der Waals surface area contributed by atoms with Crippen LogP contribution in [0.1, 0.15) is 25.0 Å². The van der Waals surface area contributed by atoms with Crippen molar-refractivity contribution in [2.24, 2.45) is 0 Å². The molecule has 0 amide bonds. The average molecular weight is 836 g/mol. The number of aliphatic hydroxyl groups is 2. The van der Waals surface area contributed by atoms with Gasteiger partial charge in [0.15, 0.2) is 28.8 Å². The molecule has 2 unspecified atom stereocenters. The largest absolute Gasteiger partial charge is 0.493 e. The van der Waals surface area contributed by atoms with Gasteiger partial charge in [-0.2, -0.15) is 0 Å². The second-order valence-corrected chi connectivity index (χ2v) is 14.9. The number of methoxy groups -OCH3 is 4. The van der Waals surface area contributed by atoms with Crippen LogP contribution in [0.5, 0.6) is 23.0 Å². The number of rotatable bonds is 11. The van der Waals surface area contributed by atoms with Gasteiger partial charge >= 0.3 is 0 Å². The molecule has 0 saturated carbocycles. The second-order valence-electron chi connectivity index (χ2n) is 14.0. The monoisotopic (exact) mass is 834 g/mol. The number of hydrogen-bond donors (Lipinski definition) is 2. The van der Waals surface area contributed by atoms with E-state index >= 15 is 4.39 Å². The molecule has 4 aromatic heterocycles. The van der Waals surface area contributed by atoms with Crippen LogP contribution in [0.3, 0.4) is 0 Å². The Morgan fingerprint density at radius 1 is 0.593 bits per heavy atom. The fourth-order valence-electron chi connectivity index (χ4n) is 7.26. The Hall–Kier alpha value is -6.25. The van der Waals surface area contributed by atoms with Gasteiger partial charge in [-0.25, -0.2) is 24.3 Å². The Morgan fingerprint density at radius 3 is 1.58 bits per heavy atom. The van der Waals surface area contributed by atoms with Gasteiger partial charge in [0.1, 0.15) is 35.5 Å². The van der Waals surface area contributed by atoms with Crippen LogP contribution in [0.25, 0.3) is 56.2 Å². The third-order valence-corrected chi connectivity index (χ3v) is 11.2. The first-order chi connectivity index (χ1) is 28.3. The number of ether oxygens (including phenoxy) is 4. The summed E-state index contributed by atoms with van der Waals surface area (Å²) in [4.78, 5) is 19.1. The first kappa shape index (κ1) is 39.6. The molecule has 59 heavy (non-hydrogen) atoms. The van der Waals surface area contributed by atoms with E-state index in [-0.39, 0.29) is 27.4 Å². The van der Waals surface area contributed by atoms with Crippen LogP contribution in [0, 0.1) is 5.82 Å². The number of aromatic nitrogens is 6. The lowest BCUT2D eigenvalue weighted by Gasteiger charge is -2.41. The van der Waals surface area contributed by atoms with Crippen LogP contribution in [-0.4, -0.2) is 67.7 Å². The normalized spacial score (nSPS) is 13.6. The maximum absolute atomic E-state index is 16.1. The Labute approximate surface area is 348 Å². The van der Waals surface area contributed by atoms with E-state index < -0.39 is 17.0 Å². The summed E-state index contributed by atoms with van der Waals surface area (Å²) in [5, 5.41) is 25.9. The number of fused-ring (bicyclic) bond motifs is 2. The number of halogens is 3. The van der Waals surface area contributed by atoms with Gasteiger partial charge in [-0.05, 0) is 50.2 Å². The molecule has 4 aromatic carbocycles. The minimum absolute atomic E-state index is 0.00308. The number of pyridine rings is 2. The molecule has 4 heterocycles. The second kappa shape index (κ2) is 15.2. The third-order valence-electron chi connectivity index (χ3n) is 10.7. The van der Waals surface area contributed by atoms with Crippen molar-refractivity contribution in [1.82, 2.24) is 29.1 Å². The van der Waals surface area contributed by atoms with Crippen LogP contribution in [0.15, 0.2) is 104 Å². The predicted molar refractivity (Wildman–Crippen MR) is 224 cm³/mol. The average Bonchev–Trinajstić information content (AvgIpc) is 3.86. The van der Waals surface area contributed by atoms with Gasteiger partial charge in [0.25, 0.3) is 0 Å². The summed E-state index contributed by atoms with van der Waals surface area (Å²) < 4.78 is 41.6. The first-order valence-electron chi connectivity index (χ1n) is 18.2. The maximum Gasteiger partial charge on any atom is 0.163 e. The lowest BCUT2D eigenvalue weighted by atomic mass is 9.73. The quantitative estimate of drug-likeness (QED) is 0.130. The third kappa shape index (κ3) is 6.65. The molecule has 8 aromatic rings. The molecule has 8 rings (SSSR count). The molecule has 0 bridgehead atoms. The van der Waals surface area contributed by atoms with E-state index in [9.17, 15) is 10.2 Å². The van der Waals surface area contributed by atoms with Crippen molar-refractivity contribution in [2.45, 2.75) is 25.0 Å². The van der Waals surface area contributed by atoms with Crippen molar-refractivity contribution in [3.63, 3.8) is 0 Å². The van der Waals surface area contributed by atoms with Gasteiger partial charge in [-0.15, -0.1) is 0 Å². The van der Waals surface area contributed by atoms with Gasteiger partial charge < -0.3 is 29.2 Å². The Balaban J connectivity index is 1.31. The van der Waals surface area contributed by atoms with Crippen molar-refractivity contribution in [1.29, 1.82) is 0 Å². The molecule has 0 fully saturated rings. The van der Waals surface area contributed by atoms with E-state index in [0.717, 1.165) is 0 Å². The molecule has 12 nitrogen and oxygen atoms in total. The van der Waals surface area contributed by atoms with Crippen molar-refractivity contribution in [3.05, 3.63) is 131 Å². The van der Waals surface area contributed by atoms with E-state index in [2.05, 4.69) is 9.97 Å². The highest BCUT2D eigenvalue weighted by atomic mass is 35.5. The topological polar surface area (TPSA) is 139 Å². The van der Waals surface area contributed by atoms with Crippen LogP contribution in [0.2, 0.25) is 10.0 Å². The van der Waals surface area contributed by atoms with Crippen molar-refractivity contribution in [3.8, 4) is 57.1 Å². The van der Waals surface area contributed by atoms with Crippen LogP contribution in [-0.2, 0) is 11.2 Å². The van der Waals surface area contributed by atoms with E-state index in [1.165, 1.54) is 40.2 Å². The zero-order chi connectivity index (χ0) is 41.8. The maximum atomic E-state index is 16.1. The summed E-state index contributed by atoms with van der Waals surface area (Å²) >= 11 is 12.8. The highest BCUT2D eigenvalue weighted by Gasteiger charge is 2.48. The standard InChI is InChI=1S/C44H37Cl2FN6O6/c1-43(54,27-13-15-38(50-41(27)24-9-7-10-25(45)17-24)52-22-48-30-18-34(56-3)36(58-5)20-32(30)52)44(2,55)28-14-16-39(51-42(28)26-11-8-12-29(46)40(26)47)53-23-49-31-19-35(57-4)37(59-6)21-33(31)53/h7-23,54-55H,1-6H3. The minimum atomic E-state index is -2.17. The van der Waals surface area contributed by atoms with Gasteiger partial charge in [0, 0.05) is 51.5 Å². The summed E-state index contributed by atoms with van der Waals surface area (Å²) in [5.74, 6) is 2.00. The molecule has 0 spiro atoms. The lowest BCUT2D eigenvalue weighted by molar-refractivity contribution is -0.142. The minimum Gasteiger partial charge on any atom is -0.493 e. The van der Waals surface area contributed by atoms with Gasteiger partial charge in [-0.1, -0.05) is 53.5 Å². The fourth-order valence-corrected chi connectivity index (χ4v) is 7.63. The molecular formula is C44H37Cl2FN6O6. The summed E-state index contributed by atoms with van der Waals surface area (Å²) in [6.45, 7) is 2.91. The Morgan fingerprint density at radius 2 is 1.07 bits per heavy atom. The smallest absolute Gasteiger partial charge is 0.163 e. The van der Waals surface area contributed by atoms with Gasteiger partial charge in [0.05, 0.1) is 66.9 Å². The highest BCUT2D eigenvalue weighted by molar-refractivity contribution is 6.31. The molecule has 300 valence electrons. The van der Waals surface area contributed by atoms with Crippen LogP contribution < -0.4 is 18.9 Å². The molecule has 2 atom stereocenters. The molecular weight excluding hydrogens is 798 g/mol. The van der Waals surface area contributed by atoms with E-state index in [4.69, 9.17) is 52.1 Å². The number of imidazole rings is 2. The highest BCUT2D eigenvalue weighted by Crippen LogP contribution is 2.47. The molecule has 2 N–H and O–H groups in total. The van der Waals surface area contributed by atoms with E-state index in [0.29, 0.717) is 73.0 Å². The molecule has 0 aliphatic carbocycles.